The molecule has 0 radical (unpaired) electrons. The fourth-order valence-electron chi connectivity index (χ4n) is 5.44. The van der Waals surface area contributed by atoms with Gasteiger partial charge in [0, 0.05) is 17.0 Å². The number of carbonyl (C=O) groups is 2. The van der Waals surface area contributed by atoms with Crippen LogP contribution >= 0.6 is 0 Å². The number of benzene rings is 2. The van der Waals surface area contributed by atoms with Gasteiger partial charge in [-0.3, -0.25) is 9.59 Å². The van der Waals surface area contributed by atoms with Crippen LogP contribution in [0.25, 0.3) is 0 Å². The molecule has 36 heavy (non-hydrogen) atoms. The maximum Gasteiger partial charge on any atom is 0.317 e. The van der Waals surface area contributed by atoms with Gasteiger partial charge in [-0.15, -0.1) is 0 Å². The summed E-state index contributed by atoms with van der Waals surface area (Å²) in [5, 5.41) is 0. The number of hydrogen-bond acceptors (Lipinski definition) is 5. The van der Waals surface area contributed by atoms with Gasteiger partial charge in [-0.05, 0) is 62.6 Å². The lowest BCUT2D eigenvalue weighted by Gasteiger charge is -2.27. The predicted molar refractivity (Wildman–Crippen MR) is 132 cm³/mol. The molecule has 2 aliphatic rings. The van der Waals surface area contributed by atoms with Gasteiger partial charge >= 0.3 is 5.97 Å². The topological polar surface area (TPSA) is 66.8 Å². The van der Waals surface area contributed by atoms with Gasteiger partial charge < -0.3 is 18.8 Å². The molecular weight excluding hydrogens is 461 g/mol. The second-order valence-corrected chi connectivity index (χ2v) is 9.69. The highest BCUT2D eigenvalue weighted by atomic mass is 19.1. The van der Waals surface area contributed by atoms with E-state index in [9.17, 15) is 14.0 Å². The summed E-state index contributed by atoms with van der Waals surface area (Å²) in [5.74, 6) is 0.329. The number of ketones is 1. The Kier molecular flexibility index (Phi) is 6.56. The summed E-state index contributed by atoms with van der Waals surface area (Å²) in [6.07, 6.45) is 2.70. The lowest BCUT2D eigenvalue weighted by atomic mass is 9.79. The van der Waals surface area contributed by atoms with Crippen molar-refractivity contribution in [2.45, 2.75) is 57.6 Å². The molecule has 1 aliphatic carbocycles. The van der Waals surface area contributed by atoms with Crippen LogP contribution in [0.15, 0.2) is 54.6 Å². The molecule has 0 saturated heterocycles. The smallest absolute Gasteiger partial charge is 0.317 e. The molecule has 0 spiro atoms. The van der Waals surface area contributed by atoms with Crippen molar-refractivity contribution in [2.75, 3.05) is 13.2 Å². The van der Waals surface area contributed by atoms with Crippen LogP contribution in [-0.2, 0) is 21.5 Å². The summed E-state index contributed by atoms with van der Waals surface area (Å²) in [5.41, 5.74) is 1.94. The van der Waals surface area contributed by atoms with Gasteiger partial charge in [0.1, 0.15) is 12.4 Å². The number of ether oxygens (including phenoxy) is 3. The van der Waals surface area contributed by atoms with E-state index in [2.05, 4.69) is 0 Å². The standard InChI is InChI=1S/C29H30FNO5/c1-19-14-24(20(2)31(19)16-23-17-34-26-10-3-4-11-27(26)36-23)25(32)18-35-28(33)29(12-5-6-13-29)21-8-7-9-22(30)15-21/h3-4,7-11,14-15,23H,5-6,12-13,16-18H2,1-2H3. The van der Waals surface area contributed by atoms with Gasteiger partial charge in [-0.2, -0.15) is 0 Å². The summed E-state index contributed by atoms with van der Waals surface area (Å²) < 4.78 is 33.4. The molecule has 2 heterocycles. The lowest BCUT2D eigenvalue weighted by molar-refractivity contribution is -0.149. The molecule has 6 nitrogen and oxygen atoms in total. The Bertz CT molecular complexity index is 1290. The molecule has 1 fully saturated rings. The number of aryl methyl sites for hydroxylation is 1. The number of nitrogens with zero attached hydrogens (tertiary/aromatic N) is 1. The molecule has 1 atom stereocenters. The number of rotatable bonds is 7. The molecule has 188 valence electrons. The number of hydrogen-bond donors (Lipinski definition) is 0. The van der Waals surface area contributed by atoms with Crippen molar-refractivity contribution in [2.24, 2.45) is 0 Å². The number of carbonyl (C=O) groups excluding carboxylic acids is 2. The molecule has 0 N–H and O–H groups in total. The first kappa shape index (κ1) is 24.1. The SMILES string of the molecule is Cc1cc(C(=O)COC(=O)C2(c3cccc(F)c3)CCCC2)c(C)n1CC1COc2ccccc2O1. The van der Waals surface area contributed by atoms with Crippen LogP contribution in [0.3, 0.4) is 0 Å². The highest BCUT2D eigenvalue weighted by molar-refractivity contribution is 5.99. The molecule has 1 aromatic heterocycles. The molecule has 1 unspecified atom stereocenters. The summed E-state index contributed by atoms with van der Waals surface area (Å²) in [4.78, 5) is 26.3. The second kappa shape index (κ2) is 9.80. The third-order valence-electron chi connectivity index (χ3n) is 7.39. The van der Waals surface area contributed by atoms with Crippen LogP contribution in [-0.4, -0.2) is 35.6 Å². The summed E-state index contributed by atoms with van der Waals surface area (Å²) in [7, 11) is 0. The molecule has 5 rings (SSSR count). The van der Waals surface area contributed by atoms with Gasteiger partial charge in [-0.25, -0.2) is 4.39 Å². The Balaban J connectivity index is 1.27. The van der Waals surface area contributed by atoms with Crippen molar-refractivity contribution in [3.8, 4) is 11.5 Å². The molecular formula is C29H30FNO5. The first-order chi connectivity index (χ1) is 17.4. The number of Topliss-reactive ketones (excluding diaryl/α,β-unsaturated/α-hetero) is 1. The van der Waals surface area contributed by atoms with Crippen LogP contribution in [0.1, 0.15) is 53.0 Å². The van der Waals surface area contributed by atoms with E-state index in [-0.39, 0.29) is 24.3 Å². The fraction of sp³-hybridized carbons (Fsp3) is 0.379. The summed E-state index contributed by atoms with van der Waals surface area (Å²) in [6.45, 7) is 4.41. The first-order valence-electron chi connectivity index (χ1n) is 12.4. The number of para-hydroxylation sites is 2. The molecule has 7 heteroatoms. The minimum absolute atomic E-state index is 0.195. The Morgan fingerprint density at radius 3 is 2.56 bits per heavy atom. The number of esters is 1. The summed E-state index contributed by atoms with van der Waals surface area (Å²) in [6, 6.07) is 15.5. The van der Waals surface area contributed by atoms with Gasteiger partial charge in [0.15, 0.2) is 24.2 Å². The van der Waals surface area contributed by atoms with Gasteiger partial charge in [0.2, 0.25) is 5.78 Å². The molecule has 3 aromatic rings. The van der Waals surface area contributed by atoms with E-state index in [1.807, 2.05) is 48.7 Å². The van der Waals surface area contributed by atoms with Gasteiger partial charge in [-0.1, -0.05) is 37.1 Å². The molecule has 1 saturated carbocycles. The number of fused-ring (bicyclic) bond motifs is 1. The van der Waals surface area contributed by atoms with E-state index in [1.54, 1.807) is 12.1 Å². The van der Waals surface area contributed by atoms with Gasteiger partial charge in [0.05, 0.1) is 12.0 Å². The minimum atomic E-state index is -0.895. The number of halogens is 1. The normalized spacial score (nSPS) is 18.1. The van der Waals surface area contributed by atoms with Crippen LogP contribution in [0.4, 0.5) is 4.39 Å². The van der Waals surface area contributed by atoms with Gasteiger partial charge in [0.25, 0.3) is 0 Å². The van der Waals surface area contributed by atoms with Crippen molar-refractivity contribution >= 4 is 11.8 Å². The van der Waals surface area contributed by atoms with Crippen LogP contribution in [0, 0.1) is 19.7 Å². The van der Waals surface area contributed by atoms with E-state index >= 15 is 0 Å². The molecule has 0 amide bonds. The Labute approximate surface area is 210 Å². The third-order valence-corrected chi connectivity index (χ3v) is 7.39. The molecule has 1 aliphatic heterocycles. The Morgan fingerprint density at radius 2 is 1.81 bits per heavy atom. The predicted octanol–water partition coefficient (Wildman–Crippen LogP) is 5.32. The maximum absolute atomic E-state index is 13.9. The molecule has 0 bridgehead atoms. The Morgan fingerprint density at radius 1 is 1.06 bits per heavy atom. The van der Waals surface area contributed by atoms with Crippen LogP contribution in [0.5, 0.6) is 11.5 Å². The number of aromatic nitrogens is 1. The average molecular weight is 492 g/mol. The third kappa shape index (κ3) is 4.50. The van der Waals surface area contributed by atoms with Crippen molar-refractivity contribution < 1.29 is 28.2 Å². The van der Waals surface area contributed by atoms with Crippen molar-refractivity contribution in [3.05, 3.63) is 82.9 Å². The fourth-order valence-corrected chi connectivity index (χ4v) is 5.44. The minimum Gasteiger partial charge on any atom is -0.486 e. The van der Waals surface area contributed by atoms with Crippen molar-refractivity contribution in [1.82, 2.24) is 4.57 Å². The van der Waals surface area contributed by atoms with E-state index in [4.69, 9.17) is 14.2 Å². The van der Waals surface area contributed by atoms with Crippen LogP contribution in [0.2, 0.25) is 0 Å². The second-order valence-electron chi connectivity index (χ2n) is 9.69. The van der Waals surface area contributed by atoms with E-state index in [0.29, 0.717) is 42.9 Å². The van der Waals surface area contributed by atoms with E-state index < -0.39 is 11.4 Å². The van der Waals surface area contributed by atoms with E-state index in [1.165, 1.54) is 12.1 Å². The monoisotopic (exact) mass is 491 g/mol. The van der Waals surface area contributed by atoms with Crippen molar-refractivity contribution in [3.63, 3.8) is 0 Å². The first-order valence-corrected chi connectivity index (χ1v) is 12.4. The summed E-state index contributed by atoms with van der Waals surface area (Å²) >= 11 is 0. The largest absolute Gasteiger partial charge is 0.486 e. The highest BCUT2D eigenvalue weighted by Gasteiger charge is 2.44. The molecule has 2 aromatic carbocycles. The van der Waals surface area contributed by atoms with Crippen molar-refractivity contribution in [1.29, 1.82) is 0 Å². The van der Waals surface area contributed by atoms with Crippen LogP contribution < -0.4 is 9.47 Å². The zero-order chi connectivity index (χ0) is 25.3. The zero-order valence-electron chi connectivity index (χ0n) is 20.6. The lowest BCUT2D eigenvalue weighted by Crippen LogP contribution is -2.36. The Hall–Kier alpha value is -3.61. The quantitative estimate of drug-likeness (QED) is 0.331. The zero-order valence-corrected chi connectivity index (χ0v) is 20.6. The maximum atomic E-state index is 13.9. The average Bonchev–Trinajstić information content (AvgIpc) is 3.49. The van der Waals surface area contributed by atoms with E-state index in [0.717, 1.165) is 30.0 Å². The highest BCUT2D eigenvalue weighted by Crippen LogP contribution is 2.42.